The second-order valence-electron chi connectivity index (χ2n) is 3.00. The van der Waals surface area contributed by atoms with Crippen molar-refractivity contribution in [1.82, 2.24) is 0 Å². The minimum atomic E-state index is 0.835. The summed E-state index contributed by atoms with van der Waals surface area (Å²) in [5, 5.41) is 10.2. The molecule has 0 saturated heterocycles. The molecular weight excluding hydrogens is 305 g/mol. The summed E-state index contributed by atoms with van der Waals surface area (Å²) in [5.41, 5.74) is 1.34. The molecule has 1 aromatic heterocycles. The van der Waals surface area contributed by atoms with Gasteiger partial charge in [0.1, 0.15) is 10.9 Å². The van der Waals surface area contributed by atoms with Gasteiger partial charge in [0.25, 0.3) is 0 Å². The molecule has 1 nitrogen and oxygen atoms in total. The maximum absolute atomic E-state index is 8.94. The molecule has 0 atom stereocenters. The molecule has 70 valence electrons. The molecule has 0 saturated carbocycles. The van der Waals surface area contributed by atoms with Gasteiger partial charge in [0.15, 0.2) is 0 Å². The van der Waals surface area contributed by atoms with Crippen LogP contribution >= 0.6 is 33.9 Å². The molecule has 0 aliphatic carbocycles. The Bertz CT molecular complexity index is 522. The third kappa shape index (κ3) is 1.43. The standard InChI is InChI=1S/C11H8INS/c1-2-7-4-3-5-8-10(12)9(6-13)14-11(7)8/h3-5H,2H2,1H3. The van der Waals surface area contributed by atoms with Crippen molar-refractivity contribution >= 4 is 44.0 Å². The van der Waals surface area contributed by atoms with Crippen molar-refractivity contribution in [2.24, 2.45) is 0 Å². The summed E-state index contributed by atoms with van der Waals surface area (Å²) in [5.74, 6) is 0. The van der Waals surface area contributed by atoms with Gasteiger partial charge in [0.05, 0.1) is 0 Å². The van der Waals surface area contributed by atoms with Crippen molar-refractivity contribution in [3.63, 3.8) is 0 Å². The van der Waals surface area contributed by atoms with Crippen LogP contribution in [0.2, 0.25) is 0 Å². The van der Waals surface area contributed by atoms with Crippen molar-refractivity contribution in [2.75, 3.05) is 0 Å². The third-order valence-electron chi connectivity index (χ3n) is 2.22. The van der Waals surface area contributed by atoms with Crippen LogP contribution in [-0.2, 0) is 6.42 Å². The highest BCUT2D eigenvalue weighted by Crippen LogP contribution is 2.34. The van der Waals surface area contributed by atoms with Gasteiger partial charge in [-0.05, 0) is 34.6 Å². The number of halogens is 1. The summed E-state index contributed by atoms with van der Waals surface area (Å²) in [7, 11) is 0. The van der Waals surface area contributed by atoms with Crippen molar-refractivity contribution < 1.29 is 0 Å². The van der Waals surface area contributed by atoms with Crippen LogP contribution in [0.4, 0.5) is 0 Å². The molecule has 2 aromatic rings. The smallest absolute Gasteiger partial charge is 0.119 e. The van der Waals surface area contributed by atoms with E-state index in [1.807, 2.05) is 0 Å². The van der Waals surface area contributed by atoms with Crippen LogP contribution in [-0.4, -0.2) is 0 Å². The van der Waals surface area contributed by atoms with E-state index in [-0.39, 0.29) is 0 Å². The molecule has 0 bridgehead atoms. The van der Waals surface area contributed by atoms with Crippen molar-refractivity contribution in [1.29, 1.82) is 5.26 Å². The lowest BCUT2D eigenvalue weighted by Gasteiger charge is -1.97. The molecule has 1 aromatic carbocycles. The second-order valence-corrected chi connectivity index (χ2v) is 5.10. The minimum absolute atomic E-state index is 0.835. The van der Waals surface area contributed by atoms with Gasteiger partial charge in [-0.25, -0.2) is 0 Å². The number of fused-ring (bicyclic) bond motifs is 1. The van der Waals surface area contributed by atoms with E-state index in [2.05, 4.69) is 53.8 Å². The van der Waals surface area contributed by atoms with Gasteiger partial charge < -0.3 is 0 Å². The largest absolute Gasteiger partial charge is 0.191 e. The number of nitrogens with zero attached hydrogens (tertiary/aromatic N) is 1. The quantitative estimate of drug-likeness (QED) is 0.732. The van der Waals surface area contributed by atoms with E-state index in [4.69, 9.17) is 5.26 Å². The molecule has 0 aliphatic heterocycles. The summed E-state index contributed by atoms with van der Waals surface area (Å²) in [6, 6.07) is 8.54. The number of nitriles is 1. The van der Waals surface area contributed by atoms with E-state index in [1.54, 1.807) is 11.3 Å². The number of hydrogen-bond donors (Lipinski definition) is 0. The molecular formula is C11H8INS. The Kier molecular flexibility index (Phi) is 2.75. The molecule has 0 unspecified atom stereocenters. The fourth-order valence-corrected chi connectivity index (χ4v) is 3.65. The first-order valence-corrected chi connectivity index (χ1v) is 6.27. The molecule has 0 radical (unpaired) electrons. The number of thiophene rings is 1. The van der Waals surface area contributed by atoms with E-state index < -0.39 is 0 Å². The summed E-state index contributed by atoms with van der Waals surface area (Å²) in [4.78, 5) is 0.835. The number of benzene rings is 1. The fourth-order valence-electron chi connectivity index (χ4n) is 1.50. The molecule has 0 fully saturated rings. The van der Waals surface area contributed by atoms with Gasteiger partial charge >= 0.3 is 0 Å². The van der Waals surface area contributed by atoms with E-state index >= 15 is 0 Å². The predicted molar refractivity (Wildman–Crippen MR) is 68.6 cm³/mol. The summed E-state index contributed by atoms with van der Waals surface area (Å²) in [6.45, 7) is 2.15. The Labute approximate surface area is 101 Å². The molecule has 0 N–H and O–H groups in total. The molecule has 1 heterocycles. The SMILES string of the molecule is CCc1cccc2c(I)c(C#N)sc12. The Morgan fingerprint density at radius 3 is 2.93 bits per heavy atom. The van der Waals surface area contributed by atoms with Gasteiger partial charge in [-0.1, -0.05) is 25.1 Å². The average Bonchev–Trinajstić information content (AvgIpc) is 2.55. The van der Waals surface area contributed by atoms with Crippen LogP contribution in [0.15, 0.2) is 18.2 Å². The Hall–Kier alpha value is -0.600. The van der Waals surface area contributed by atoms with Gasteiger partial charge in [-0.3, -0.25) is 0 Å². The molecule has 2 rings (SSSR count). The summed E-state index contributed by atoms with van der Waals surface area (Å²) in [6.07, 6.45) is 1.03. The van der Waals surface area contributed by atoms with Gasteiger partial charge in [0.2, 0.25) is 0 Å². The zero-order chi connectivity index (χ0) is 10.1. The third-order valence-corrected chi connectivity index (χ3v) is 4.89. The summed E-state index contributed by atoms with van der Waals surface area (Å²) >= 11 is 3.86. The average molecular weight is 313 g/mol. The zero-order valence-electron chi connectivity index (χ0n) is 7.67. The lowest BCUT2D eigenvalue weighted by Crippen LogP contribution is -1.78. The van der Waals surface area contributed by atoms with Crippen LogP contribution in [0.25, 0.3) is 10.1 Å². The van der Waals surface area contributed by atoms with Crippen molar-refractivity contribution in [3.05, 3.63) is 32.2 Å². The first-order chi connectivity index (χ1) is 6.77. The van der Waals surface area contributed by atoms with Crippen LogP contribution in [0.3, 0.4) is 0 Å². The molecule has 3 heteroatoms. The van der Waals surface area contributed by atoms with Gasteiger partial charge in [-0.2, -0.15) is 5.26 Å². The topological polar surface area (TPSA) is 23.8 Å². The minimum Gasteiger partial charge on any atom is -0.191 e. The lowest BCUT2D eigenvalue weighted by atomic mass is 10.1. The van der Waals surface area contributed by atoms with Crippen LogP contribution in [0.1, 0.15) is 17.4 Å². The molecule has 0 spiro atoms. The van der Waals surface area contributed by atoms with E-state index in [0.29, 0.717) is 0 Å². The Morgan fingerprint density at radius 2 is 2.29 bits per heavy atom. The molecule has 0 amide bonds. The van der Waals surface area contributed by atoms with Gasteiger partial charge in [0, 0.05) is 13.7 Å². The molecule has 0 aliphatic rings. The Morgan fingerprint density at radius 1 is 1.50 bits per heavy atom. The first-order valence-electron chi connectivity index (χ1n) is 4.38. The zero-order valence-corrected chi connectivity index (χ0v) is 10.6. The highest BCUT2D eigenvalue weighted by Gasteiger charge is 2.10. The fraction of sp³-hybridized carbons (Fsp3) is 0.182. The van der Waals surface area contributed by atoms with Crippen LogP contribution in [0, 0.1) is 14.9 Å². The van der Waals surface area contributed by atoms with Crippen LogP contribution in [0.5, 0.6) is 0 Å². The maximum atomic E-state index is 8.94. The first kappa shape index (κ1) is 9.94. The highest BCUT2D eigenvalue weighted by molar-refractivity contribution is 14.1. The van der Waals surface area contributed by atoms with Crippen molar-refractivity contribution in [2.45, 2.75) is 13.3 Å². The lowest BCUT2D eigenvalue weighted by molar-refractivity contribution is 1.16. The van der Waals surface area contributed by atoms with Crippen molar-refractivity contribution in [3.8, 4) is 6.07 Å². The normalized spacial score (nSPS) is 10.4. The summed E-state index contributed by atoms with van der Waals surface area (Å²) < 4.78 is 2.37. The maximum Gasteiger partial charge on any atom is 0.119 e. The van der Waals surface area contributed by atoms with Gasteiger partial charge in [-0.15, -0.1) is 11.3 Å². The molecule has 14 heavy (non-hydrogen) atoms. The van der Waals surface area contributed by atoms with E-state index in [0.717, 1.165) is 14.9 Å². The number of aryl methyl sites for hydroxylation is 1. The second kappa shape index (κ2) is 3.87. The van der Waals surface area contributed by atoms with E-state index in [9.17, 15) is 0 Å². The monoisotopic (exact) mass is 313 g/mol. The number of hydrogen-bond acceptors (Lipinski definition) is 2. The Balaban J connectivity index is 2.85. The van der Waals surface area contributed by atoms with Crippen LogP contribution < -0.4 is 0 Å². The van der Waals surface area contributed by atoms with E-state index in [1.165, 1.54) is 15.6 Å². The number of rotatable bonds is 1. The predicted octanol–water partition coefficient (Wildman–Crippen LogP) is 3.94. The highest BCUT2D eigenvalue weighted by atomic mass is 127.